The van der Waals surface area contributed by atoms with Crippen molar-refractivity contribution in [2.45, 2.75) is 12.1 Å². The van der Waals surface area contributed by atoms with Gasteiger partial charge in [-0.25, -0.2) is 0 Å². The molecule has 3 amide bonds. The molecule has 0 saturated carbocycles. The second kappa shape index (κ2) is 7.90. The Bertz CT molecular complexity index is 1260. The summed E-state index contributed by atoms with van der Waals surface area (Å²) in [7, 11) is 0. The van der Waals surface area contributed by atoms with Gasteiger partial charge >= 0.3 is 0 Å². The Morgan fingerprint density at radius 2 is 1.25 bits per heavy atom. The van der Waals surface area contributed by atoms with Crippen LogP contribution in [0.5, 0.6) is 0 Å². The maximum absolute atomic E-state index is 13.3. The molecular formula is C21H9Cl5N2O3S. The Balaban J connectivity index is 1.61. The molecule has 0 bridgehead atoms. The van der Waals surface area contributed by atoms with Crippen LogP contribution in [0.15, 0.2) is 41.8 Å². The van der Waals surface area contributed by atoms with Crippen LogP contribution in [0.2, 0.25) is 25.1 Å². The van der Waals surface area contributed by atoms with Gasteiger partial charge < -0.3 is 0 Å². The summed E-state index contributed by atoms with van der Waals surface area (Å²) in [5, 5.41) is 1.77. The zero-order valence-electron chi connectivity index (χ0n) is 15.6. The summed E-state index contributed by atoms with van der Waals surface area (Å²) in [6, 6.07) is 8.72. The van der Waals surface area contributed by atoms with Crippen molar-refractivity contribution < 1.29 is 14.4 Å². The van der Waals surface area contributed by atoms with Crippen molar-refractivity contribution >= 4 is 92.8 Å². The van der Waals surface area contributed by atoms with Crippen LogP contribution in [0.25, 0.3) is 0 Å². The predicted octanol–water partition coefficient (Wildman–Crippen LogP) is 6.77. The zero-order valence-corrected chi connectivity index (χ0v) is 20.2. The predicted molar refractivity (Wildman–Crippen MR) is 127 cm³/mol. The highest BCUT2D eigenvalue weighted by Crippen LogP contribution is 2.49. The monoisotopic (exact) mass is 544 g/mol. The number of nitrogens with zero attached hydrogens (tertiary/aromatic N) is 2. The molecule has 1 aromatic heterocycles. The van der Waals surface area contributed by atoms with Gasteiger partial charge in [0.25, 0.3) is 17.7 Å². The van der Waals surface area contributed by atoms with Gasteiger partial charge in [-0.2, -0.15) is 0 Å². The van der Waals surface area contributed by atoms with Crippen LogP contribution in [0, 0.1) is 0 Å². The SMILES string of the molecule is O=C1c2c(Cl)c(Cl)c(Cl)c(Cl)c2C(=O)N1C1C(=O)N(c2ccc(Cl)cc2)C1c1cccs1. The van der Waals surface area contributed by atoms with Crippen LogP contribution in [-0.4, -0.2) is 28.7 Å². The molecular weight excluding hydrogens is 538 g/mol. The Hall–Kier alpha value is -1.80. The van der Waals surface area contributed by atoms with Crippen LogP contribution in [0.4, 0.5) is 5.69 Å². The third kappa shape index (κ3) is 3.01. The molecule has 0 aliphatic carbocycles. The molecule has 3 aromatic rings. The largest absolute Gasteiger partial charge is 0.300 e. The Kier molecular flexibility index (Phi) is 5.44. The normalized spacial score (nSPS) is 20.1. The van der Waals surface area contributed by atoms with Crippen LogP contribution in [0.3, 0.4) is 0 Å². The molecule has 162 valence electrons. The van der Waals surface area contributed by atoms with Crippen LogP contribution in [0.1, 0.15) is 31.6 Å². The number of imide groups is 1. The van der Waals surface area contributed by atoms with E-state index < -0.39 is 29.8 Å². The van der Waals surface area contributed by atoms with Gasteiger partial charge in [-0.05, 0) is 35.7 Å². The summed E-state index contributed by atoms with van der Waals surface area (Å²) < 4.78 is 0. The number of thiophene rings is 1. The first-order chi connectivity index (χ1) is 15.2. The van der Waals surface area contributed by atoms with Crippen LogP contribution >= 0.6 is 69.3 Å². The minimum atomic E-state index is -1.08. The van der Waals surface area contributed by atoms with E-state index in [9.17, 15) is 14.4 Å². The molecule has 2 atom stereocenters. The lowest BCUT2D eigenvalue weighted by Crippen LogP contribution is -2.67. The van der Waals surface area contributed by atoms with E-state index in [1.165, 1.54) is 16.2 Å². The van der Waals surface area contributed by atoms with Crippen LogP contribution in [-0.2, 0) is 4.79 Å². The number of amides is 3. The summed E-state index contributed by atoms with van der Waals surface area (Å²) in [5.41, 5.74) is 0.283. The summed E-state index contributed by atoms with van der Waals surface area (Å²) in [4.78, 5) is 43.1. The molecule has 3 heterocycles. The summed E-state index contributed by atoms with van der Waals surface area (Å²) >= 11 is 32.1. The van der Waals surface area contributed by atoms with Gasteiger partial charge in [-0.3, -0.25) is 24.2 Å². The fraction of sp³-hybridized carbons (Fsp3) is 0.0952. The lowest BCUT2D eigenvalue weighted by molar-refractivity contribution is -0.130. The van der Waals surface area contributed by atoms with E-state index in [2.05, 4.69) is 0 Å². The lowest BCUT2D eigenvalue weighted by atomic mass is 9.90. The highest BCUT2D eigenvalue weighted by atomic mass is 35.5. The molecule has 32 heavy (non-hydrogen) atoms. The molecule has 2 unspecified atom stereocenters. The Morgan fingerprint density at radius 3 is 1.75 bits per heavy atom. The fourth-order valence-corrected chi connectivity index (χ4v) is 5.96. The number of rotatable bonds is 3. The van der Waals surface area contributed by atoms with E-state index in [1.54, 1.807) is 24.3 Å². The van der Waals surface area contributed by atoms with Gasteiger partial charge in [0, 0.05) is 15.6 Å². The Labute approximate surface area is 211 Å². The zero-order chi connectivity index (χ0) is 22.9. The van der Waals surface area contributed by atoms with Gasteiger partial charge in [0.1, 0.15) is 12.1 Å². The van der Waals surface area contributed by atoms with Crippen molar-refractivity contribution in [2.75, 3.05) is 4.90 Å². The summed E-state index contributed by atoms with van der Waals surface area (Å²) in [5.74, 6) is -1.91. The molecule has 11 heteroatoms. The molecule has 0 N–H and O–H groups in total. The molecule has 5 nitrogen and oxygen atoms in total. The Morgan fingerprint density at radius 1 is 0.688 bits per heavy atom. The van der Waals surface area contributed by atoms with Crippen molar-refractivity contribution in [1.82, 2.24) is 4.90 Å². The minimum absolute atomic E-state index is 0.127. The van der Waals surface area contributed by atoms with E-state index in [0.717, 1.165) is 9.78 Å². The van der Waals surface area contributed by atoms with E-state index >= 15 is 0 Å². The molecule has 0 spiro atoms. The van der Waals surface area contributed by atoms with Gasteiger partial charge in [-0.1, -0.05) is 64.1 Å². The molecule has 1 fully saturated rings. The highest BCUT2D eigenvalue weighted by Gasteiger charge is 2.58. The van der Waals surface area contributed by atoms with E-state index in [1.807, 2.05) is 17.5 Å². The summed E-state index contributed by atoms with van der Waals surface area (Å²) in [6.07, 6.45) is 0. The van der Waals surface area contributed by atoms with Crippen molar-refractivity contribution in [3.63, 3.8) is 0 Å². The first kappa shape index (κ1) is 22.0. The second-order valence-corrected chi connectivity index (χ2v) is 10.0. The molecule has 2 aliphatic heterocycles. The van der Waals surface area contributed by atoms with E-state index in [4.69, 9.17) is 58.0 Å². The smallest absolute Gasteiger partial charge is 0.264 e. The van der Waals surface area contributed by atoms with E-state index in [-0.39, 0.29) is 31.2 Å². The number of hydrogen-bond donors (Lipinski definition) is 0. The highest BCUT2D eigenvalue weighted by molar-refractivity contribution is 7.10. The number of carbonyl (C=O) groups is 3. The van der Waals surface area contributed by atoms with Crippen LogP contribution < -0.4 is 4.90 Å². The minimum Gasteiger partial charge on any atom is -0.300 e. The molecule has 0 radical (unpaired) electrons. The quantitative estimate of drug-likeness (QED) is 0.158. The van der Waals surface area contributed by atoms with E-state index in [0.29, 0.717) is 10.7 Å². The van der Waals surface area contributed by atoms with Crippen molar-refractivity contribution in [3.8, 4) is 0 Å². The van der Waals surface area contributed by atoms with Gasteiger partial charge in [0.05, 0.1) is 31.2 Å². The maximum atomic E-state index is 13.3. The van der Waals surface area contributed by atoms with Crippen molar-refractivity contribution in [2.24, 2.45) is 0 Å². The number of halogens is 5. The molecule has 1 saturated heterocycles. The fourth-order valence-electron chi connectivity index (χ4n) is 3.98. The number of hydrogen-bond acceptors (Lipinski definition) is 4. The first-order valence-electron chi connectivity index (χ1n) is 9.10. The standard InChI is InChI=1S/C21H9Cl5N2O3S/c22-8-3-5-9(6-4-8)27-17(10-2-1-7-32-10)18(21(27)31)28-19(29)11-12(20(28)30)14(24)16(26)15(25)13(11)23/h1-7,17-18H. The number of anilines is 1. The third-order valence-electron chi connectivity index (χ3n) is 5.42. The van der Waals surface area contributed by atoms with Crippen molar-refractivity contribution in [1.29, 1.82) is 0 Å². The van der Waals surface area contributed by atoms with Crippen molar-refractivity contribution in [3.05, 3.63) is 82.9 Å². The average Bonchev–Trinajstić information content (AvgIpc) is 3.38. The second-order valence-electron chi connectivity index (χ2n) is 7.08. The first-order valence-corrected chi connectivity index (χ1v) is 11.9. The topological polar surface area (TPSA) is 57.7 Å². The lowest BCUT2D eigenvalue weighted by Gasteiger charge is -2.49. The molecule has 2 aliphatic rings. The van der Waals surface area contributed by atoms with Gasteiger partial charge in [-0.15, -0.1) is 11.3 Å². The molecule has 5 rings (SSSR count). The maximum Gasteiger partial charge on any atom is 0.264 e. The number of fused-ring (bicyclic) bond motifs is 1. The van der Waals surface area contributed by atoms with Gasteiger partial charge in [0.2, 0.25) is 0 Å². The number of carbonyl (C=O) groups excluding carboxylic acids is 3. The average molecular weight is 547 g/mol. The van der Waals surface area contributed by atoms with Gasteiger partial charge in [0.15, 0.2) is 0 Å². The third-order valence-corrected chi connectivity index (χ3v) is 8.41. The number of β-lactam (4-membered cyclic amide) rings is 1. The number of benzene rings is 2. The summed E-state index contributed by atoms with van der Waals surface area (Å²) in [6.45, 7) is 0. The molecule has 2 aromatic carbocycles.